The van der Waals surface area contributed by atoms with Gasteiger partial charge < -0.3 is 14.4 Å². The molecule has 1 atom stereocenters. The predicted molar refractivity (Wildman–Crippen MR) is 52.1 cm³/mol. The molecule has 0 saturated carbocycles. The Morgan fingerprint density at radius 2 is 2.29 bits per heavy atom. The molecule has 4 heteroatoms. The van der Waals surface area contributed by atoms with Crippen molar-refractivity contribution < 1.29 is 14.6 Å². The van der Waals surface area contributed by atoms with Crippen LogP contribution in [0.2, 0.25) is 0 Å². The Morgan fingerprint density at radius 1 is 1.64 bits per heavy atom. The molecule has 14 heavy (non-hydrogen) atoms. The van der Waals surface area contributed by atoms with E-state index in [1.54, 1.807) is 24.6 Å². The van der Waals surface area contributed by atoms with Crippen molar-refractivity contribution in [3.8, 4) is 0 Å². The molecule has 1 heterocycles. The Labute approximate surface area is 83.1 Å². The number of aromatic nitrogens is 1. The van der Waals surface area contributed by atoms with E-state index in [1.165, 1.54) is 7.11 Å². The lowest BCUT2D eigenvalue weighted by atomic mass is 10.2. The Kier molecular flexibility index (Phi) is 3.30. The molecule has 1 N–H and O–H groups in total. The minimum atomic E-state index is -0.408. The van der Waals surface area contributed by atoms with Crippen molar-refractivity contribution in [1.29, 1.82) is 0 Å². The number of esters is 1. The summed E-state index contributed by atoms with van der Waals surface area (Å²) in [5, 5.41) is 9.21. The number of aliphatic hydroxyl groups is 1. The zero-order chi connectivity index (χ0) is 10.7. The predicted octanol–water partition coefficient (Wildman–Crippen LogP) is 0.735. The van der Waals surface area contributed by atoms with Crippen molar-refractivity contribution in [2.45, 2.75) is 19.4 Å². The van der Waals surface area contributed by atoms with Crippen LogP contribution in [-0.2, 0) is 18.2 Å². The van der Waals surface area contributed by atoms with Crippen LogP contribution in [-0.4, -0.2) is 28.9 Å². The third-order valence-corrected chi connectivity index (χ3v) is 2.12. The second-order valence-electron chi connectivity index (χ2n) is 3.31. The average molecular weight is 197 g/mol. The monoisotopic (exact) mass is 197 g/mol. The number of hydrogen-bond acceptors (Lipinski definition) is 3. The van der Waals surface area contributed by atoms with E-state index in [0.29, 0.717) is 12.1 Å². The smallest absolute Gasteiger partial charge is 0.354 e. The van der Waals surface area contributed by atoms with Gasteiger partial charge in [0.25, 0.3) is 0 Å². The molecule has 0 aliphatic rings. The second kappa shape index (κ2) is 4.28. The lowest BCUT2D eigenvalue weighted by Gasteiger charge is -2.07. The molecule has 0 aromatic carbocycles. The van der Waals surface area contributed by atoms with Crippen molar-refractivity contribution >= 4 is 5.97 Å². The highest BCUT2D eigenvalue weighted by molar-refractivity contribution is 5.87. The van der Waals surface area contributed by atoms with Gasteiger partial charge in [-0.25, -0.2) is 4.79 Å². The highest BCUT2D eigenvalue weighted by atomic mass is 16.5. The van der Waals surface area contributed by atoms with E-state index in [2.05, 4.69) is 4.74 Å². The fraction of sp³-hybridized carbons (Fsp3) is 0.500. The van der Waals surface area contributed by atoms with Crippen molar-refractivity contribution in [1.82, 2.24) is 4.57 Å². The molecule has 0 spiro atoms. The maximum atomic E-state index is 11.2. The summed E-state index contributed by atoms with van der Waals surface area (Å²) in [4.78, 5) is 11.2. The van der Waals surface area contributed by atoms with Crippen LogP contribution >= 0.6 is 0 Å². The molecule has 0 saturated heterocycles. The van der Waals surface area contributed by atoms with Gasteiger partial charge in [0.05, 0.1) is 13.2 Å². The van der Waals surface area contributed by atoms with Gasteiger partial charge in [-0.15, -0.1) is 0 Å². The normalized spacial score (nSPS) is 12.6. The van der Waals surface area contributed by atoms with Crippen molar-refractivity contribution in [3.05, 3.63) is 23.5 Å². The van der Waals surface area contributed by atoms with Gasteiger partial charge in [-0.2, -0.15) is 0 Å². The first-order chi connectivity index (χ1) is 6.56. The zero-order valence-corrected chi connectivity index (χ0v) is 8.65. The number of aliphatic hydroxyl groups excluding tert-OH is 1. The molecule has 0 aliphatic carbocycles. The van der Waals surface area contributed by atoms with E-state index < -0.39 is 6.10 Å². The van der Waals surface area contributed by atoms with E-state index in [1.807, 2.05) is 6.07 Å². The van der Waals surface area contributed by atoms with E-state index in [-0.39, 0.29) is 5.97 Å². The Hall–Kier alpha value is -1.29. The summed E-state index contributed by atoms with van der Waals surface area (Å²) in [6, 6.07) is 3.52. The number of methoxy groups -OCH3 is 1. The fourth-order valence-electron chi connectivity index (χ4n) is 1.37. The second-order valence-corrected chi connectivity index (χ2v) is 3.31. The van der Waals surface area contributed by atoms with Gasteiger partial charge in [0, 0.05) is 19.2 Å². The minimum Gasteiger partial charge on any atom is -0.464 e. The molecular formula is C10H15NO3. The van der Waals surface area contributed by atoms with Crippen LogP contribution in [0, 0.1) is 0 Å². The summed E-state index contributed by atoms with van der Waals surface area (Å²) in [5.74, 6) is -0.357. The van der Waals surface area contributed by atoms with Gasteiger partial charge >= 0.3 is 5.97 Å². The number of nitrogens with zero attached hydrogens (tertiary/aromatic N) is 1. The lowest BCUT2D eigenvalue weighted by Crippen LogP contribution is -2.12. The highest BCUT2D eigenvalue weighted by Crippen LogP contribution is 2.10. The van der Waals surface area contributed by atoms with Crippen LogP contribution in [0.4, 0.5) is 0 Å². The van der Waals surface area contributed by atoms with Crippen LogP contribution in [0.5, 0.6) is 0 Å². The van der Waals surface area contributed by atoms with E-state index in [4.69, 9.17) is 0 Å². The van der Waals surface area contributed by atoms with E-state index >= 15 is 0 Å². The van der Waals surface area contributed by atoms with Gasteiger partial charge in [0.2, 0.25) is 0 Å². The summed E-state index contributed by atoms with van der Waals surface area (Å²) in [7, 11) is 3.13. The number of ether oxygens (including phenoxy) is 1. The molecule has 0 amide bonds. The highest BCUT2D eigenvalue weighted by Gasteiger charge is 2.13. The molecule has 78 valence electrons. The lowest BCUT2D eigenvalue weighted by molar-refractivity contribution is 0.0589. The maximum absolute atomic E-state index is 11.2. The van der Waals surface area contributed by atoms with Crippen LogP contribution in [0.3, 0.4) is 0 Å². The molecule has 1 aromatic rings. The summed E-state index contributed by atoms with van der Waals surface area (Å²) >= 11 is 0. The SMILES string of the molecule is COC(=O)c1ccc(C[C@H](C)O)n1C. The topological polar surface area (TPSA) is 51.5 Å². The number of rotatable bonds is 3. The number of carbonyl (C=O) groups excluding carboxylic acids is 1. The van der Waals surface area contributed by atoms with Gasteiger partial charge in [0.1, 0.15) is 5.69 Å². The van der Waals surface area contributed by atoms with Crippen molar-refractivity contribution in [2.24, 2.45) is 7.05 Å². The van der Waals surface area contributed by atoms with E-state index in [0.717, 1.165) is 5.69 Å². The van der Waals surface area contributed by atoms with Crippen molar-refractivity contribution in [3.63, 3.8) is 0 Å². The largest absolute Gasteiger partial charge is 0.464 e. The molecule has 4 nitrogen and oxygen atoms in total. The van der Waals surface area contributed by atoms with Gasteiger partial charge in [0.15, 0.2) is 0 Å². The standard InChI is InChI=1S/C10H15NO3/c1-7(12)6-8-4-5-9(11(8)2)10(13)14-3/h4-5,7,12H,6H2,1-3H3/t7-/m0/s1. The summed E-state index contributed by atoms with van der Waals surface area (Å²) < 4.78 is 6.35. The number of hydrogen-bond donors (Lipinski definition) is 1. The fourth-order valence-corrected chi connectivity index (χ4v) is 1.37. The molecular weight excluding hydrogens is 182 g/mol. The summed E-state index contributed by atoms with van der Waals surface area (Å²) in [6.45, 7) is 1.71. The molecule has 0 radical (unpaired) electrons. The van der Waals surface area contributed by atoms with Gasteiger partial charge in [-0.3, -0.25) is 0 Å². The molecule has 1 rings (SSSR count). The molecule has 0 fully saturated rings. The third-order valence-electron chi connectivity index (χ3n) is 2.12. The first kappa shape index (κ1) is 10.8. The Morgan fingerprint density at radius 3 is 2.79 bits per heavy atom. The first-order valence-corrected chi connectivity index (χ1v) is 4.47. The van der Waals surface area contributed by atoms with Crippen LogP contribution < -0.4 is 0 Å². The van der Waals surface area contributed by atoms with E-state index in [9.17, 15) is 9.90 Å². The van der Waals surface area contributed by atoms with Gasteiger partial charge in [-0.05, 0) is 19.1 Å². The third kappa shape index (κ3) is 2.14. The summed E-state index contributed by atoms with van der Waals surface area (Å²) in [6.07, 6.45) is 0.127. The Bertz CT molecular complexity index is 328. The van der Waals surface area contributed by atoms with Crippen molar-refractivity contribution in [2.75, 3.05) is 7.11 Å². The summed E-state index contributed by atoms with van der Waals surface area (Å²) in [5.41, 5.74) is 1.42. The minimum absolute atomic E-state index is 0.357. The van der Waals surface area contributed by atoms with Crippen LogP contribution in [0.25, 0.3) is 0 Å². The van der Waals surface area contributed by atoms with Crippen LogP contribution in [0.15, 0.2) is 12.1 Å². The molecule has 0 aliphatic heterocycles. The maximum Gasteiger partial charge on any atom is 0.354 e. The molecule has 0 bridgehead atoms. The quantitative estimate of drug-likeness (QED) is 0.727. The zero-order valence-electron chi connectivity index (χ0n) is 8.65. The first-order valence-electron chi connectivity index (χ1n) is 4.47. The van der Waals surface area contributed by atoms with Crippen LogP contribution in [0.1, 0.15) is 23.1 Å². The Balaban J connectivity index is 2.90. The number of carbonyl (C=O) groups is 1. The average Bonchev–Trinajstić information content (AvgIpc) is 2.46. The van der Waals surface area contributed by atoms with Gasteiger partial charge in [-0.1, -0.05) is 0 Å². The molecule has 1 aromatic heterocycles. The molecule has 0 unspecified atom stereocenters.